The number of halogens is 1. The molecule has 0 aliphatic heterocycles. The summed E-state index contributed by atoms with van der Waals surface area (Å²) in [6, 6.07) is 11.4. The van der Waals surface area contributed by atoms with Gasteiger partial charge in [0.05, 0.1) is 4.92 Å². The topological polar surface area (TPSA) is 60.2 Å². The van der Waals surface area contributed by atoms with Crippen LogP contribution in [0.15, 0.2) is 42.5 Å². The number of carbonyl (C=O) groups excluding carboxylic acids is 1. The molecule has 0 atom stereocenters. The van der Waals surface area contributed by atoms with Gasteiger partial charge in [0.1, 0.15) is 5.02 Å². The molecule has 4 nitrogen and oxygen atoms in total. The van der Waals surface area contributed by atoms with E-state index in [1.165, 1.54) is 12.1 Å². The van der Waals surface area contributed by atoms with Crippen LogP contribution < -0.4 is 0 Å². The van der Waals surface area contributed by atoms with Gasteiger partial charge >= 0.3 is 0 Å². The van der Waals surface area contributed by atoms with Gasteiger partial charge in [-0.25, -0.2) is 0 Å². The van der Waals surface area contributed by atoms with Gasteiger partial charge in [-0.05, 0) is 18.6 Å². The highest BCUT2D eigenvalue weighted by atomic mass is 35.5. The van der Waals surface area contributed by atoms with Crippen LogP contribution in [-0.4, -0.2) is 10.7 Å². The lowest BCUT2D eigenvalue weighted by atomic mass is 9.98. The van der Waals surface area contributed by atoms with Crippen LogP contribution in [0.5, 0.6) is 0 Å². The van der Waals surface area contributed by atoms with E-state index >= 15 is 0 Å². The minimum absolute atomic E-state index is 0.00628. The zero-order valence-electron chi connectivity index (χ0n) is 10.1. The maximum Gasteiger partial charge on any atom is 0.288 e. The fourth-order valence-electron chi connectivity index (χ4n) is 1.80. The number of ketones is 1. The molecule has 0 bridgehead atoms. The summed E-state index contributed by atoms with van der Waals surface area (Å²) in [5, 5.41) is 10.8. The van der Waals surface area contributed by atoms with Crippen molar-refractivity contribution in [1.82, 2.24) is 0 Å². The highest BCUT2D eigenvalue weighted by Gasteiger charge is 2.20. The zero-order valence-corrected chi connectivity index (χ0v) is 10.8. The molecular weight excluding hydrogens is 266 g/mol. The Kier molecular flexibility index (Phi) is 3.62. The molecule has 0 heterocycles. The summed E-state index contributed by atoms with van der Waals surface area (Å²) in [7, 11) is 0. The third-order valence-corrected chi connectivity index (χ3v) is 3.32. The minimum Gasteiger partial charge on any atom is -0.289 e. The third kappa shape index (κ3) is 2.48. The van der Waals surface area contributed by atoms with E-state index in [0.29, 0.717) is 16.7 Å². The SMILES string of the molecule is Cc1c(C(=O)c2ccccc2)ccc([N+](=O)[O-])c1Cl. The fraction of sp³-hybridized carbons (Fsp3) is 0.0714. The predicted octanol–water partition coefficient (Wildman–Crippen LogP) is 3.79. The Bertz CT molecular complexity index is 653. The third-order valence-electron chi connectivity index (χ3n) is 2.84. The van der Waals surface area contributed by atoms with Gasteiger partial charge < -0.3 is 0 Å². The van der Waals surface area contributed by atoms with Crippen LogP contribution in [0.4, 0.5) is 5.69 Å². The van der Waals surface area contributed by atoms with Gasteiger partial charge in [0.25, 0.3) is 5.69 Å². The number of nitrogens with zero attached hydrogens (tertiary/aromatic N) is 1. The van der Waals surface area contributed by atoms with Crippen LogP contribution >= 0.6 is 11.6 Å². The number of nitro benzene ring substituents is 1. The van der Waals surface area contributed by atoms with Crippen LogP contribution in [0.1, 0.15) is 21.5 Å². The number of hydrogen-bond donors (Lipinski definition) is 0. The van der Waals surface area contributed by atoms with E-state index in [1.807, 2.05) is 6.07 Å². The molecule has 0 fully saturated rings. The summed E-state index contributed by atoms with van der Waals surface area (Å²) >= 11 is 5.93. The Morgan fingerprint density at radius 2 is 1.79 bits per heavy atom. The van der Waals surface area contributed by atoms with Gasteiger partial charge in [0.2, 0.25) is 0 Å². The molecule has 0 aliphatic carbocycles. The lowest BCUT2D eigenvalue weighted by molar-refractivity contribution is -0.384. The second-order valence-electron chi connectivity index (χ2n) is 4.02. The van der Waals surface area contributed by atoms with Crippen LogP contribution in [0.2, 0.25) is 5.02 Å². The van der Waals surface area contributed by atoms with E-state index in [4.69, 9.17) is 11.6 Å². The summed E-state index contributed by atoms with van der Waals surface area (Å²) < 4.78 is 0. The first kappa shape index (κ1) is 13.2. The molecule has 19 heavy (non-hydrogen) atoms. The van der Waals surface area contributed by atoms with E-state index in [1.54, 1.807) is 31.2 Å². The van der Waals surface area contributed by atoms with E-state index in [0.717, 1.165) is 0 Å². The standard InChI is InChI=1S/C14H10ClNO3/c1-9-11(7-8-12(13(9)15)16(18)19)14(17)10-5-3-2-4-6-10/h2-8H,1H3. The van der Waals surface area contributed by atoms with E-state index in [9.17, 15) is 14.9 Å². The predicted molar refractivity (Wildman–Crippen MR) is 72.7 cm³/mol. The Labute approximate surface area is 114 Å². The van der Waals surface area contributed by atoms with Crippen molar-refractivity contribution in [3.05, 3.63) is 74.3 Å². The minimum atomic E-state index is -0.563. The molecule has 0 radical (unpaired) electrons. The molecule has 0 unspecified atom stereocenters. The molecule has 96 valence electrons. The quantitative estimate of drug-likeness (QED) is 0.486. The summed E-state index contributed by atoms with van der Waals surface area (Å²) in [6.07, 6.45) is 0. The van der Waals surface area contributed by atoms with E-state index in [-0.39, 0.29) is 16.5 Å². The van der Waals surface area contributed by atoms with Crippen LogP contribution in [0.25, 0.3) is 0 Å². The first-order chi connectivity index (χ1) is 9.02. The fourth-order valence-corrected chi connectivity index (χ4v) is 2.04. The molecule has 0 saturated heterocycles. The number of hydrogen-bond acceptors (Lipinski definition) is 3. The van der Waals surface area contributed by atoms with Crippen molar-refractivity contribution in [1.29, 1.82) is 0 Å². The Balaban J connectivity index is 2.51. The smallest absolute Gasteiger partial charge is 0.288 e. The van der Waals surface area contributed by atoms with Crippen LogP contribution in [0.3, 0.4) is 0 Å². The summed E-state index contributed by atoms with van der Waals surface area (Å²) in [5.74, 6) is -0.199. The maximum absolute atomic E-state index is 12.3. The highest BCUT2D eigenvalue weighted by Crippen LogP contribution is 2.30. The molecule has 0 N–H and O–H groups in total. The van der Waals surface area contributed by atoms with Gasteiger partial charge in [-0.15, -0.1) is 0 Å². The monoisotopic (exact) mass is 275 g/mol. The van der Waals surface area contributed by atoms with Crippen molar-refractivity contribution in [3.8, 4) is 0 Å². The molecule has 0 spiro atoms. The molecule has 2 aromatic rings. The van der Waals surface area contributed by atoms with Gasteiger partial charge in [0, 0.05) is 17.2 Å². The van der Waals surface area contributed by atoms with Crippen molar-refractivity contribution in [2.24, 2.45) is 0 Å². The molecule has 2 rings (SSSR count). The molecule has 0 amide bonds. The molecular formula is C14H10ClNO3. The number of benzene rings is 2. The Hall–Kier alpha value is -2.20. The largest absolute Gasteiger partial charge is 0.289 e. The average molecular weight is 276 g/mol. The first-order valence-corrected chi connectivity index (χ1v) is 5.93. The molecule has 5 heteroatoms. The number of nitro groups is 1. The molecule has 0 saturated carbocycles. The van der Waals surface area contributed by atoms with E-state index < -0.39 is 4.92 Å². The summed E-state index contributed by atoms with van der Waals surface area (Å²) in [5.41, 5.74) is 1.13. The Morgan fingerprint density at radius 1 is 1.16 bits per heavy atom. The van der Waals surface area contributed by atoms with Crippen molar-refractivity contribution >= 4 is 23.1 Å². The molecule has 0 aliphatic rings. The lowest BCUT2D eigenvalue weighted by Gasteiger charge is -2.07. The van der Waals surface area contributed by atoms with Crippen LogP contribution in [-0.2, 0) is 0 Å². The van der Waals surface area contributed by atoms with Crippen molar-refractivity contribution in [2.75, 3.05) is 0 Å². The van der Waals surface area contributed by atoms with Crippen molar-refractivity contribution in [3.63, 3.8) is 0 Å². The summed E-state index contributed by atoms with van der Waals surface area (Å²) in [4.78, 5) is 22.5. The summed E-state index contributed by atoms with van der Waals surface area (Å²) in [6.45, 7) is 1.60. The van der Waals surface area contributed by atoms with Crippen molar-refractivity contribution in [2.45, 2.75) is 6.92 Å². The second-order valence-corrected chi connectivity index (χ2v) is 4.40. The number of carbonyl (C=O) groups is 1. The lowest BCUT2D eigenvalue weighted by Crippen LogP contribution is -2.05. The van der Waals surface area contributed by atoms with Crippen LogP contribution in [0, 0.1) is 17.0 Å². The zero-order chi connectivity index (χ0) is 14.0. The van der Waals surface area contributed by atoms with Gasteiger partial charge in [-0.2, -0.15) is 0 Å². The van der Waals surface area contributed by atoms with E-state index in [2.05, 4.69) is 0 Å². The van der Waals surface area contributed by atoms with Gasteiger partial charge in [-0.1, -0.05) is 41.9 Å². The average Bonchev–Trinajstić information content (AvgIpc) is 2.41. The van der Waals surface area contributed by atoms with Gasteiger partial charge in [0.15, 0.2) is 5.78 Å². The Morgan fingerprint density at radius 3 is 2.37 bits per heavy atom. The molecule has 2 aromatic carbocycles. The first-order valence-electron chi connectivity index (χ1n) is 5.55. The molecule has 0 aromatic heterocycles. The number of rotatable bonds is 3. The maximum atomic E-state index is 12.3. The van der Waals surface area contributed by atoms with Crippen molar-refractivity contribution < 1.29 is 9.72 Å². The van der Waals surface area contributed by atoms with Gasteiger partial charge in [-0.3, -0.25) is 14.9 Å². The second kappa shape index (κ2) is 5.20. The normalized spacial score (nSPS) is 10.2. The highest BCUT2D eigenvalue weighted by molar-refractivity contribution is 6.34.